The molecule has 0 atom stereocenters. The number of carbonyl (C=O) groups is 4. The van der Waals surface area contributed by atoms with Gasteiger partial charge in [-0.05, 0) is 93.8 Å². The highest BCUT2D eigenvalue weighted by Crippen LogP contribution is 2.29. The van der Waals surface area contributed by atoms with Gasteiger partial charge in [-0.3, -0.25) is 38.8 Å². The van der Waals surface area contributed by atoms with Crippen LogP contribution in [0.3, 0.4) is 0 Å². The Hall–Kier alpha value is -7.53. The van der Waals surface area contributed by atoms with Crippen LogP contribution in [-0.4, -0.2) is 78.3 Å². The first-order valence-electron chi connectivity index (χ1n) is 20.8. The minimum Gasteiger partial charge on any atom is -0.457 e. The molecule has 3 aliphatic rings. The summed E-state index contributed by atoms with van der Waals surface area (Å²) in [5, 5.41) is 3.73. The van der Waals surface area contributed by atoms with Gasteiger partial charge in [0.25, 0.3) is 22.9 Å². The molecular formula is C50H43N5O8S3. The van der Waals surface area contributed by atoms with Crippen LogP contribution in [-0.2, 0) is 23.9 Å². The van der Waals surface area contributed by atoms with Crippen molar-refractivity contribution in [1.29, 1.82) is 0 Å². The lowest BCUT2D eigenvalue weighted by atomic mass is 10.2. The van der Waals surface area contributed by atoms with Gasteiger partial charge in [-0.25, -0.2) is 0 Å². The molecule has 0 aliphatic carbocycles. The van der Waals surface area contributed by atoms with Crippen molar-refractivity contribution >= 4 is 93.9 Å². The van der Waals surface area contributed by atoms with Crippen LogP contribution < -0.4 is 5.32 Å². The Bertz CT molecular complexity index is 2770. The average Bonchev–Trinajstić information content (AvgIpc) is 4.20. The molecule has 3 saturated heterocycles. The molecule has 4 amide bonds. The number of nitrogens with one attached hydrogen (secondary N) is 1. The first kappa shape index (κ1) is 46.5. The molecule has 6 heterocycles. The summed E-state index contributed by atoms with van der Waals surface area (Å²) in [6.45, 7) is 8.37. The van der Waals surface area contributed by atoms with Crippen LogP contribution in [0, 0.1) is 0 Å². The van der Waals surface area contributed by atoms with Gasteiger partial charge in [-0.2, -0.15) is 0 Å². The third-order valence-corrected chi connectivity index (χ3v) is 11.2. The largest absolute Gasteiger partial charge is 0.457 e. The van der Waals surface area contributed by atoms with Crippen molar-refractivity contribution in [3.63, 3.8) is 0 Å². The highest BCUT2D eigenvalue weighted by atomic mass is 32.1. The van der Waals surface area contributed by atoms with Gasteiger partial charge in [0, 0.05) is 61.5 Å². The molecular weight excluding hydrogens is 895 g/mol. The van der Waals surface area contributed by atoms with Crippen molar-refractivity contribution in [2.24, 2.45) is 0 Å². The van der Waals surface area contributed by atoms with Gasteiger partial charge in [0.05, 0.1) is 0 Å². The van der Waals surface area contributed by atoms with E-state index in [0.29, 0.717) is 53.5 Å². The van der Waals surface area contributed by atoms with Crippen LogP contribution in [0.5, 0.6) is 0 Å². The molecule has 16 heteroatoms. The number of likely N-dealkylation sites (N-methyl/N-ethyl adjacent to an activating group) is 3. The van der Waals surface area contributed by atoms with Crippen molar-refractivity contribution in [1.82, 2.24) is 24.9 Å². The zero-order valence-electron chi connectivity index (χ0n) is 36.3. The number of hydrogen-bond donors (Lipinski definition) is 1. The van der Waals surface area contributed by atoms with Gasteiger partial charge < -0.3 is 23.3 Å². The molecule has 9 rings (SSSR count). The number of ether oxygens (including phenoxy) is 1. The second-order valence-corrected chi connectivity index (χ2v) is 15.5. The quantitative estimate of drug-likeness (QED) is 0.109. The molecule has 3 fully saturated rings. The van der Waals surface area contributed by atoms with E-state index in [0.717, 1.165) is 28.2 Å². The highest BCUT2D eigenvalue weighted by molar-refractivity contribution is 7.80. The first-order valence-corrected chi connectivity index (χ1v) is 22.1. The van der Waals surface area contributed by atoms with Crippen LogP contribution >= 0.6 is 36.7 Å². The Kier molecular flexibility index (Phi) is 14.8. The van der Waals surface area contributed by atoms with Gasteiger partial charge in [0.15, 0.2) is 16.0 Å². The van der Waals surface area contributed by atoms with E-state index in [9.17, 15) is 19.2 Å². The van der Waals surface area contributed by atoms with E-state index < -0.39 is 0 Å². The summed E-state index contributed by atoms with van der Waals surface area (Å²) in [5.41, 5.74) is 3.57. The zero-order chi connectivity index (χ0) is 46.9. The maximum Gasteiger partial charge on any atom is 0.297 e. The smallest absolute Gasteiger partial charge is 0.297 e. The number of rotatable bonds is 9. The highest BCUT2D eigenvalue weighted by Gasteiger charge is 2.39. The second-order valence-electron chi connectivity index (χ2n) is 14.4. The number of thiocarbonyl (C=S) groups is 3. The topological polar surface area (TPSA) is 142 Å². The standard InChI is InChI=1S/C18H16N2O3S.C16H14N2O2S.C16H13NO3S/c1-3-19-17(22)15(20(12(2)21)18(19)24)11-14-9-10-16(23-14)13-7-5-4-6-8-13;1-2-18-15(19)13(17-16(18)21)10-12-8-9-14(20-12)11-6-4-3-5-7-11;1-2-17-15(18)14(20-16(17)21)10-12-8-9-13(19-12)11-6-4-3-5-7-11/h4-11H,3H2,1-2H3;3-10H,2H2,1H3,(H,17,21);3-10H,2H2,1H3/b15-11-;13-10-;14-10-. The van der Waals surface area contributed by atoms with E-state index in [1.807, 2.05) is 136 Å². The summed E-state index contributed by atoms with van der Waals surface area (Å²) in [4.78, 5) is 54.0. The molecule has 0 radical (unpaired) electrons. The molecule has 3 aromatic carbocycles. The Morgan fingerprint density at radius 3 is 1.39 bits per heavy atom. The Balaban J connectivity index is 0.000000148. The SMILES string of the molecule is CCN1C(=O)/C(=C/c2ccc(-c3ccccc3)o2)N(C(C)=O)C1=S.CCN1C(=O)/C(=C/c2ccc(-c3ccccc3)o2)NC1=S.CCN1C(=O)/C(=C/c2ccc(-c3ccccc3)o2)OC1=S. The molecule has 0 bridgehead atoms. The lowest BCUT2D eigenvalue weighted by Crippen LogP contribution is -2.34. The summed E-state index contributed by atoms with van der Waals surface area (Å²) in [5.74, 6) is 3.09. The van der Waals surface area contributed by atoms with Gasteiger partial charge in [0.2, 0.25) is 5.91 Å². The Morgan fingerprint density at radius 2 is 0.985 bits per heavy atom. The minimum atomic E-state index is -0.301. The van der Waals surface area contributed by atoms with Crippen LogP contribution in [0.1, 0.15) is 45.0 Å². The molecule has 66 heavy (non-hydrogen) atoms. The van der Waals surface area contributed by atoms with E-state index >= 15 is 0 Å². The molecule has 0 spiro atoms. The Labute approximate surface area is 397 Å². The van der Waals surface area contributed by atoms with Crippen LogP contribution in [0.25, 0.3) is 52.2 Å². The second kappa shape index (κ2) is 21.0. The molecule has 334 valence electrons. The predicted octanol–water partition coefficient (Wildman–Crippen LogP) is 9.76. The minimum absolute atomic E-state index is 0.125. The number of furan rings is 3. The van der Waals surface area contributed by atoms with Crippen molar-refractivity contribution in [3.05, 3.63) is 162 Å². The fourth-order valence-electron chi connectivity index (χ4n) is 6.86. The van der Waals surface area contributed by atoms with Crippen molar-refractivity contribution in [3.8, 4) is 34.0 Å². The van der Waals surface area contributed by atoms with Crippen molar-refractivity contribution < 1.29 is 37.2 Å². The van der Waals surface area contributed by atoms with Crippen LogP contribution in [0.4, 0.5) is 0 Å². The zero-order valence-corrected chi connectivity index (χ0v) is 38.7. The van der Waals surface area contributed by atoms with Crippen LogP contribution in [0.2, 0.25) is 0 Å². The van der Waals surface area contributed by atoms with Crippen molar-refractivity contribution in [2.75, 3.05) is 19.6 Å². The van der Waals surface area contributed by atoms with Crippen LogP contribution in [0.15, 0.2) is 158 Å². The van der Waals surface area contributed by atoms with E-state index in [4.69, 9.17) is 54.6 Å². The van der Waals surface area contributed by atoms with Gasteiger partial charge in [-0.1, -0.05) is 91.0 Å². The third-order valence-electron chi connectivity index (χ3n) is 10.1. The lowest BCUT2D eigenvalue weighted by Gasteiger charge is -2.15. The molecule has 6 aromatic rings. The maximum absolute atomic E-state index is 12.5. The van der Waals surface area contributed by atoms with Gasteiger partial charge in [-0.15, -0.1) is 0 Å². The summed E-state index contributed by atoms with van der Waals surface area (Å²) in [6.07, 6.45) is 4.80. The Morgan fingerprint density at radius 1 is 0.545 bits per heavy atom. The number of benzene rings is 3. The third kappa shape index (κ3) is 10.4. The monoisotopic (exact) mass is 937 g/mol. The molecule has 0 saturated carbocycles. The molecule has 13 nitrogen and oxygen atoms in total. The summed E-state index contributed by atoms with van der Waals surface area (Å²) < 4.78 is 22.6. The van der Waals surface area contributed by atoms with E-state index in [1.165, 1.54) is 26.5 Å². The van der Waals surface area contributed by atoms with Crippen molar-refractivity contribution in [2.45, 2.75) is 27.7 Å². The number of carbonyl (C=O) groups excluding carboxylic acids is 4. The fraction of sp³-hybridized carbons (Fsp3) is 0.140. The number of nitrogens with zero attached hydrogens (tertiary/aromatic N) is 4. The first-order chi connectivity index (χ1) is 31.9. The summed E-state index contributed by atoms with van der Waals surface area (Å²) in [7, 11) is 0. The van der Waals surface area contributed by atoms with E-state index in [1.54, 1.807) is 30.4 Å². The average molecular weight is 938 g/mol. The molecule has 1 N–H and O–H groups in total. The van der Waals surface area contributed by atoms with E-state index in [2.05, 4.69) is 5.32 Å². The lowest BCUT2D eigenvalue weighted by molar-refractivity contribution is -0.126. The van der Waals surface area contributed by atoms with Gasteiger partial charge >= 0.3 is 0 Å². The molecule has 0 unspecified atom stereocenters. The van der Waals surface area contributed by atoms with E-state index in [-0.39, 0.29) is 45.4 Å². The number of hydrogen-bond acceptors (Lipinski definition) is 11. The number of amides is 4. The van der Waals surface area contributed by atoms with Gasteiger partial charge in [0.1, 0.15) is 46.0 Å². The predicted molar refractivity (Wildman–Crippen MR) is 263 cm³/mol. The normalized spacial score (nSPS) is 16.5. The summed E-state index contributed by atoms with van der Waals surface area (Å²) in [6, 6.07) is 40.2. The molecule has 3 aliphatic heterocycles. The summed E-state index contributed by atoms with van der Waals surface area (Å²) >= 11 is 15.3. The molecule has 3 aromatic heterocycles. The fourth-order valence-corrected chi connectivity index (χ4v) is 7.92. The maximum atomic E-state index is 12.5.